The first-order valence-corrected chi connectivity index (χ1v) is 8.48. The molecule has 108 valence electrons. The van der Waals surface area contributed by atoms with Crippen LogP contribution in [0.5, 0.6) is 0 Å². The Morgan fingerprint density at radius 2 is 2.00 bits per heavy atom. The van der Waals surface area contributed by atoms with Crippen molar-refractivity contribution in [2.75, 3.05) is 20.1 Å². The smallest absolute Gasteiger partial charge is 0.0410 e. The highest BCUT2D eigenvalue weighted by Crippen LogP contribution is 2.36. The van der Waals surface area contributed by atoms with Crippen LogP contribution in [0.4, 0.5) is 0 Å². The minimum Gasteiger partial charge on any atom is -0.330 e. The molecule has 2 N–H and O–H groups in total. The van der Waals surface area contributed by atoms with Gasteiger partial charge in [0, 0.05) is 17.5 Å². The van der Waals surface area contributed by atoms with Gasteiger partial charge in [0.15, 0.2) is 0 Å². The lowest BCUT2D eigenvalue weighted by molar-refractivity contribution is 0.130. The van der Waals surface area contributed by atoms with Crippen molar-refractivity contribution in [3.8, 4) is 0 Å². The van der Waals surface area contributed by atoms with E-state index in [0.29, 0.717) is 11.5 Å². The van der Waals surface area contributed by atoms with Gasteiger partial charge in [-0.15, -0.1) is 11.3 Å². The van der Waals surface area contributed by atoms with E-state index in [4.69, 9.17) is 5.73 Å². The Kier molecular flexibility index (Phi) is 5.43. The van der Waals surface area contributed by atoms with Crippen LogP contribution in [0, 0.1) is 5.41 Å². The van der Waals surface area contributed by atoms with Crippen molar-refractivity contribution < 1.29 is 0 Å². The lowest BCUT2D eigenvalue weighted by Gasteiger charge is -2.37. The largest absolute Gasteiger partial charge is 0.330 e. The lowest BCUT2D eigenvalue weighted by Crippen LogP contribution is -2.41. The molecule has 1 fully saturated rings. The summed E-state index contributed by atoms with van der Waals surface area (Å²) in [5.74, 6) is 0. The Morgan fingerprint density at radius 3 is 2.53 bits per heavy atom. The zero-order chi connectivity index (χ0) is 13.7. The van der Waals surface area contributed by atoms with Gasteiger partial charge in [-0.2, -0.15) is 0 Å². The Labute approximate surface area is 122 Å². The second kappa shape index (κ2) is 6.87. The minimum atomic E-state index is 0.358. The molecule has 0 spiro atoms. The van der Waals surface area contributed by atoms with E-state index in [2.05, 4.69) is 36.4 Å². The van der Waals surface area contributed by atoms with Crippen LogP contribution in [-0.4, -0.2) is 25.0 Å². The maximum absolute atomic E-state index is 6.15. The standard InChI is InChI=1S/C16H28N2S/c1-14(15-8-7-11-19-15)18(2)13-16(12-17)9-5-3-4-6-10-16/h7-8,11,14H,3-6,9-10,12-13,17H2,1-2H3. The van der Waals surface area contributed by atoms with Gasteiger partial charge in [-0.05, 0) is 50.2 Å². The van der Waals surface area contributed by atoms with Gasteiger partial charge in [0.2, 0.25) is 0 Å². The predicted molar refractivity (Wildman–Crippen MR) is 84.6 cm³/mol. The molecule has 19 heavy (non-hydrogen) atoms. The van der Waals surface area contributed by atoms with Crippen molar-refractivity contribution in [3.63, 3.8) is 0 Å². The van der Waals surface area contributed by atoms with Crippen molar-refractivity contribution in [1.82, 2.24) is 4.90 Å². The summed E-state index contributed by atoms with van der Waals surface area (Å²) in [4.78, 5) is 3.97. The lowest BCUT2D eigenvalue weighted by atomic mass is 9.79. The van der Waals surface area contributed by atoms with E-state index in [1.165, 1.54) is 43.4 Å². The highest BCUT2D eigenvalue weighted by atomic mass is 32.1. The molecule has 0 aromatic carbocycles. The molecular weight excluding hydrogens is 252 g/mol. The maximum atomic E-state index is 6.15. The van der Waals surface area contributed by atoms with Crippen LogP contribution in [0.1, 0.15) is 56.4 Å². The number of nitrogens with zero attached hydrogens (tertiary/aromatic N) is 1. The third-order valence-corrected chi connectivity index (χ3v) is 5.84. The van der Waals surface area contributed by atoms with E-state index in [0.717, 1.165) is 13.1 Å². The molecule has 1 heterocycles. The second-order valence-corrected chi connectivity index (χ2v) is 7.20. The molecule has 0 amide bonds. The van der Waals surface area contributed by atoms with E-state index in [1.54, 1.807) is 0 Å². The molecule has 3 heteroatoms. The van der Waals surface area contributed by atoms with Crippen molar-refractivity contribution in [3.05, 3.63) is 22.4 Å². The van der Waals surface area contributed by atoms with Crippen LogP contribution in [0.15, 0.2) is 17.5 Å². The van der Waals surface area contributed by atoms with E-state index in [1.807, 2.05) is 11.3 Å². The molecule has 1 aromatic rings. The first kappa shape index (κ1) is 15.0. The third kappa shape index (κ3) is 3.80. The molecule has 2 nitrogen and oxygen atoms in total. The van der Waals surface area contributed by atoms with E-state index in [-0.39, 0.29) is 0 Å². The highest BCUT2D eigenvalue weighted by Gasteiger charge is 2.32. The molecule has 1 atom stereocenters. The Bertz CT molecular complexity index is 353. The average Bonchev–Trinajstić information content (AvgIpc) is 2.85. The molecule has 1 aromatic heterocycles. The SMILES string of the molecule is CC(c1cccs1)N(C)CC1(CN)CCCCCC1. The Hall–Kier alpha value is -0.380. The second-order valence-electron chi connectivity index (χ2n) is 6.22. The van der Waals surface area contributed by atoms with Gasteiger partial charge in [-0.3, -0.25) is 4.90 Å². The summed E-state index contributed by atoms with van der Waals surface area (Å²) >= 11 is 1.86. The van der Waals surface area contributed by atoms with Crippen molar-refractivity contribution in [2.24, 2.45) is 11.1 Å². The Morgan fingerprint density at radius 1 is 1.32 bits per heavy atom. The number of rotatable bonds is 5. The molecule has 0 aliphatic heterocycles. The quantitative estimate of drug-likeness (QED) is 0.825. The summed E-state index contributed by atoms with van der Waals surface area (Å²) in [7, 11) is 2.26. The van der Waals surface area contributed by atoms with Gasteiger partial charge in [0.1, 0.15) is 0 Å². The predicted octanol–water partition coefficient (Wildman–Crippen LogP) is 4.04. The summed E-state index contributed by atoms with van der Waals surface area (Å²) in [5, 5.41) is 2.17. The van der Waals surface area contributed by atoms with Gasteiger partial charge in [-0.25, -0.2) is 0 Å². The van der Waals surface area contributed by atoms with Crippen molar-refractivity contribution in [1.29, 1.82) is 0 Å². The summed E-state index contributed by atoms with van der Waals surface area (Å²) in [6.45, 7) is 4.30. The fourth-order valence-corrected chi connectivity index (χ4v) is 4.17. The molecular formula is C16H28N2S. The highest BCUT2D eigenvalue weighted by molar-refractivity contribution is 7.10. The number of hydrogen-bond donors (Lipinski definition) is 1. The van der Waals surface area contributed by atoms with Crippen LogP contribution in [-0.2, 0) is 0 Å². The van der Waals surface area contributed by atoms with E-state index >= 15 is 0 Å². The van der Waals surface area contributed by atoms with Gasteiger partial charge in [0.25, 0.3) is 0 Å². The molecule has 0 bridgehead atoms. The van der Waals surface area contributed by atoms with Gasteiger partial charge >= 0.3 is 0 Å². The van der Waals surface area contributed by atoms with Crippen LogP contribution < -0.4 is 5.73 Å². The molecule has 1 unspecified atom stereocenters. The minimum absolute atomic E-state index is 0.358. The normalized spacial score (nSPS) is 21.3. The first-order valence-electron chi connectivity index (χ1n) is 7.61. The third-order valence-electron chi connectivity index (χ3n) is 4.80. The van der Waals surface area contributed by atoms with Crippen molar-refractivity contribution >= 4 is 11.3 Å². The van der Waals surface area contributed by atoms with Gasteiger partial charge in [-0.1, -0.05) is 31.7 Å². The molecule has 0 saturated heterocycles. The average molecular weight is 280 g/mol. The van der Waals surface area contributed by atoms with E-state index < -0.39 is 0 Å². The van der Waals surface area contributed by atoms with Crippen LogP contribution in [0.3, 0.4) is 0 Å². The van der Waals surface area contributed by atoms with Crippen LogP contribution in [0.2, 0.25) is 0 Å². The summed E-state index contributed by atoms with van der Waals surface area (Å²) in [5.41, 5.74) is 6.51. The number of hydrogen-bond acceptors (Lipinski definition) is 3. The molecule has 0 radical (unpaired) electrons. The van der Waals surface area contributed by atoms with Gasteiger partial charge in [0.05, 0.1) is 0 Å². The fourth-order valence-electron chi connectivity index (χ4n) is 3.32. The van der Waals surface area contributed by atoms with Crippen molar-refractivity contribution in [2.45, 2.75) is 51.5 Å². The Balaban J connectivity index is 2.00. The first-order chi connectivity index (χ1) is 9.17. The molecule has 1 aliphatic carbocycles. The molecule has 1 aliphatic rings. The fraction of sp³-hybridized carbons (Fsp3) is 0.750. The van der Waals surface area contributed by atoms with Crippen LogP contribution in [0.25, 0.3) is 0 Å². The summed E-state index contributed by atoms with van der Waals surface area (Å²) in [6, 6.07) is 4.90. The number of thiophene rings is 1. The summed E-state index contributed by atoms with van der Waals surface area (Å²) in [6.07, 6.45) is 8.13. The van der Waals surface area contributed by atoms with Crippen LogP contribution >= 0.6 is 11.3 Å². The summed E-state index contributed by atoms with van der Waals surface area (Å²) < 4.78 is 0. The topological polar surface area (TPSA) is 29.3 Å². The zero-order valence-electron chi connectivity index (χ0n) is 12.4. The molecule has 2 rings (SSSR count). The zero-order valence-corrected chi connectivity index (χ0v) is 13.2. The molecule has 1 saturated carbocycles. The van der Waals surface area contributed by atoms with E-state index in [9.17, 15) is 0 Å². The number of nitrogens with two attached hydrogens (primary N) is 1. The maximum Gasteiger partial charge on any atom is 0.0410 e. The monoisotopic (exact) mass is 280 g/mol. The van der Waals surface area contributed by atoms with Gasteiger partial charge < -0.3 is 5.73 Å².